The minimum atomic E-state index is -0.131. The van der Waals surface area contributed by atoms with E-state index in [0.29, 0.717) is 18.8 Å². The molecule has 0 unspecified atom stereocenters. The van der Waals surface area contributed by atoms with E-state index in [-0.39, 0.29) is 5.91 Å². The number of ether oxygens (including phenoxy) is 1. The van der Waals surface area contributed by atoms with Crippen molar-refractivity contribution in [3.8, 4) is 5.75 Å². The van der Waals surface area contributed by atoms with Crippen molar-refractivity contribution in [1.29, 1.82) is 0 Å². The number of carbonyl (C=O) groups is 1. The van der Waals surface area contributed by atoms with Gasteiger partial charge in [-0.3, -0.25) is 4.79 Å². The Kier molecular flexibility index (Phi) is 5.14. The van der Waals surface area contributed by atoms with Gasteiger partial charge in [-0.2, -0.15) is 0 Å². The monoisotopic (exact) mass is 356 g/mol. The maximum absolute atomic E-state index is 12.5. The molecule has 2 aromatic heterocycles. The number of hydrogen-bond acceptors (Lipinski definition) is 5. The largest absolute Gasteiger partial charge is 0.497 e. The molecule has 3 aromatic rings. The Morgan fingerprint density at radius 1 is 1.28 bits per heavy atom. The van der Waals surface area contributed by atoms with Crippen LogP contribution >= 0.6 is 11.3 Å². The average molecular weight is 356 g/mol. The molecule has 1 aromatic carbocycles. The summed E-state index contributed by atoms with van der Waals surface area (Å²) in [6.45, 7) is 3.18. The van der Waals surface area contributed by atoms with Crippen LogP contribution in [0, 0.1) is 6.92 Å². The number of aryl methyl sites for hydroxylation is 1. The van der Waals surface area contributed by atoms with Crippen LogP contribution in [0.2, 0.25) is 0 Å². The second kappa shape index (κ2) is 7.48. The minimum absolute atomic E-state index is 0.131. The molecule has 6 nitrogen and oxygen atoms in total. The molecule has 25 heavy (non-hydrogen) atoms. The van der Waals surface area contributed by atoms with Crippen LogP contribution in [0.3, 0.4) is 0 Å². The van der Waals surface area contributed by atoms with Crippen molar-refractivity contribution in [2.75, 3.05) is 14.2 Å². The summed E-state index contributed by atoms with van der Waals surface area (Å²) in [5.41, 5.74) is 2.62. The van der Waals surface area contributed by atoms with Gasteiger partial charge in [0.1, 0.15) is 5.75 Å². The van der Waals surface area contributed by atoms with Crippen molar-refractivity contribution in [3.05, 3.63) is 63.6 Å². The van der Waals surface area contributed by atoms with Gasteiger partial charge in [-0.05, 0) is 41.6 Å². The van der Waals surface area contributed by atoms with Gasteiger partial charge in [-0.1, -0.05) is 17.3 Å². The smallest absolute Gasteiger partial charge is 0.276 e. The Labute approximate surface area is 150 Å². The van der Waals surface area contributed by atoms with Crippen LogP contribution in [0.5, 0.6) is 5.75 Å². The van der Waals surface area contributed by atoms with E-state index in [0.717, 1.165) is 11.3 Å². The summed E-state index contributed by atoms with van der Waals surface area (Å²) in [5, 5.41) is 10.1. The standard InChI is InChI=1S/C18H20N4O2S/c1-13-8-9-25-17(13)12-21(2)18(23)16-11-22(20-19-16)10-14-4-6-15(24-3)7-5-14/h4-9,11H,10,12H2,1-3H3. The number of nitrogens with zero attached hydrogens (tertiary/aromatic N) is 4. The Bertz CT molecular complexity index is 854. The van der Waals surface area contributed by atoms with Crippen LogP contribution < -0.4 is 4.74 Å². The number of carbonyl (C=O) groups excluding carboxylic acids is 1. The Morgan fingerprint density at radius 2 is 2.04 bits per heavy atom. The van der Waals surface area contributed by atoms with Gasteiger partial charge in [0.2, 0.25) is 0 Å². The molecule has 0 fully saturated rings. The highest BCUT2D eigenvalue weighted by molar-refractivity contribution is 7.10. The molecule has 0 radical (unpaired) electrons. The van der Waals surface area contributed by atoms with Crippen molar-refractivity contribution >= 4 is 17.2 Å². The number of methoxy groups -OCH3 is 1. The van der Waals surface area contributed by atoms with E-state index in [4.69, 9.17) is 4.74 Å². The van der Waals surface area contributed by atoms with Gasteiger partial charge in [0.25, 0.3) is 5.91 Å². The Hall–Kier alpha value is -2.67. The lowest BCUT2D eigenvalue weighted by atomic mass is 10.2. The van der Waals surface area contributed by atoms with E-state index >= 15 is 0 Å². The summed E-state index contributed by atoms with van der Waals surface area (Å²) < 4.78 is 6.81. The quantitative estimate of drug-likeness (QED) is 0.681. The van der Waals surface area contributed by atoms with E-state index in [1.165, 1.54) is 10.4 Å². The third kappa shape index (κ3) is 4.06. The van der Waals surface area contributed by atoms with Crippen LogP contribution in [-0.4, -0.2) is 40.0 Å². The fourth-order valence-corrected chi connectivity index (χ4v) is 3.40. The highest BCUT2D eigenvalue weighted by Crippen LogP contribution is 2.18. The molecule has 7 heteroatoms. The van der Waals surface area contributed by atoms with Gasteiger partial charge in [0.15, 0.2) is 5.69 Å². The number of rotatable bonds is 6. The summed E-state index contributed by atoms with van der Waals surface area (Å²) >= 11 is 1.66. The molecule has 0 atom stereocenters. The van der Waals surface area contributed by atoms with Crippen LogP contribution in [0.4, 0.5) is 0 Å². The highest BCUT2D eigenvalue weighted by atomic mass is 32.1. The number of hydrogen-bond donors (Lipinski definition) is 0. The second-order valence-corrected chi connectivity index (χ2v) is 6.84. The molecule has 3 rings (SSSR count). The third-order valence-electron chi connectivity index (χ3n) is 3.96. The Balaban J connectivity index is 1.65. The first kappa shape index (κ1) is 17.2. The van der Waals surface area contributed by atoms with E-state index < -0.39 is 0 Å². The predicted octanol–water partition coefficient (Wildman–Crippen LogP) is 2.98. The molecule has 0 spiro atoms. The van der Waals surface area contributed by atoms with Crippen LogP contribution in [0.1, 0.15) is 26.5 Å². The Morgan fingerprint density at radius 3 is 2.68 bits per heavy atom. The van der Waals surface area contributed by atoms with E-state index in [1.807, 2.05) is 29.6 Å². The molecule has 0 N–H and O–H groups in total. The predicted molar refractivity (Wildman–Crippen MR) is 97.0 cm³/mol. The van der Waals surface area contributed by atoms with Crippen LogP contribution in [-0.2, 0) is 13.1 Å². The molecule has 130 valence electrons. The second-order valence-electron chi connectivity index (χ2n) is 5.84. The van der Waals surface area contributed by atoms with E-state index in [9.17, 15) is 4.79 Å². The number of benzene rings is 1. The first-order chi connectivity index (χ1) is 12.1. The molecule has 0 bridgehead atoms. The van der Waals surface area contributed by atoms with Crippen molar-refractivity contribution in [1.82, 2.24) is 19.9 Å². The molecule has 0 aliphatic heterocycles. The van der Waals surface area contributed by atoms with Crippen LogP contribution in [0.25, 0.3) is 0 Å². The molecule has 0 aliphatic carbocycles. The molecule has 2 heterocycles. The van der Waals surface area contributed by atoms with Gasteiger partial charge in [0.05, 0.1) is 26.4 Å². The lowest BCUT2D eigenvalue weighted by Crippen LogP contribution is -2.26. The zero-order valence-corrected chi connectivity index (χ0v) is 15.3. The van der Waals surface area contributed by atoms with Crippen molar-refractivity contribution in [2.45, 2.75) is 20.0 Å². The maximum Gasteiger partial charge on any atom is 0.276 e. The summed E-state index contributed by atoms with van der Waals surface area (Å²) in [5.74, 6) is 0.678. The first-order valence-electron chi connectivity index (χ1n) is 7.88. The van der Waals surface area contributed by atoms with Gasteiger partial charge < -0.3 is 9.64 Å². The van der Waals surface area contributed by atoms with E-state index in [1.54, 1.807) is 41.3 Å². The molecular weight excluding hydrogens is 336 g/mol. The maximum atomic E-state index is 12.5. The van der Waals surface area contributed by atoms with Gasteiger partial charge >= 0.3 is 0 Å². The summed E-state index contributed by atoms with van der Waals surface area (Å²) in [6, 6.07) is 9.79. The van der Waals surface area contributed by atoms with E-state index in [2.05, 4.69) is 23.3 Å². The zero-order valence-electron chi connectivity index (χ0n) is 14.5. The van der Waals surface area contributed by atoms with Gasteiger partial charge in [0, 0.05) is 11.9 Å². The number of thiophene rings is 1. The first-order valence-corrected chi connectivity index (χ1v) is 8.76. The fraction of sp³-hybridized carbons (Fsp3) is 0.278. The van der Waals surface area contributed by atoms with Crippen molar-refractivity contribution in [3.63, 3.8) is 0 Å². The normalized spacial score (nSPS) is 10.7. The highest BCUT2D eigenvalue weighted by Gasteiger charge is 2.17. The SMILES string of the molecule is COc1ccc(Cn2cc(C(=O)N(C)Cc3sccc3C)nn2)cc1. The minimum Gasteiger partial charge on any atom is -0.497 e. The zero-order chi connectivity index (χ0) is 17.8. The van der Waals surface area contributed by atoms with Gasteiger partial charge in [-0.25, -0.2) is 4.68 Å². The average Bonchev–Trinajstić information content (AvgIpc) is 3.24. The number of amides is 1. The summed E-state index contributed by atoms with van der Waals surface area (Å²) in [6.07, 6.45) is 1.68. The molecule has 0 saturated heterocycles. The molecule has 0 saturated carbocycles. The van der Waals surface area contributed by atoms with Crippen molar-refractivity contribution in [2.24, 2.45) is 0 Å². The van der Waals surface area contributed by atoms with Crippen LogP contribution in [0.15, 0.2) is 41.9 Å². The lowest BCUT2D eigenvalue weighted by molar-refractivity contribution is 0.0780. The summed E-state index contributed by atoms with van der Waals surface area (Å²) in [7, 11) is 3.42. The molecule has 0 aliphatic rings. The van der Waals surface area contributed by atoms with Gasteiger partial charge in [-0.15, -0.1) is 16.4 Å². The lowest BCUT2D eigenvalue weighted by Gasteiger charge is -2.15. The summed E-state index contributed by atoms with van der Waals surface area (Å²) in [4.78, 5) is 15.4. The fourth-order valence-electron chi connectivity index (χ4n) is 2.44. The van der Waals surface area contributed by atoms with Crippen molar-refractivity contribution < 1.29 is 9.53 Å². The number of aromatic nitrogens is 3. The molecular formula is C18H20N4O2S. The topological polar surface area (TPSA) is 60.2 Å². The third-order valence-corrected chi connectivity index (χ3v) is 4.96. The molecule has 1 amide bonds.